The van der Waals surface area contributed by atoms with Crippen LogP contribution < -0.4 is 10.2 Å². The van der Waals surface area contributed by atoms with Crippen molar-refractivity contribution < 1.29 is 18.0 Å². The Balaban J connectivity index is 1.60. The molecule has 1 saturated heterocycles. The van der Waals surface area contributed by atoms with Gasteiger partial charge in [-0.25, -0.2) is 28.1 Å². The van der Waals surface area contributed by atoms with Gasteiger partial charge in [-0.05, 0) is 24.3 Å². The molecule has 0 atom stereocenters. The zero-order valence-corrected chi connectivity index (χ0v) is 19.1. The van der Waals surface area contributed by atoms with Crippen LogP contribution in [-0.4, -0.2) is 44.9 Å². The summed E-state index contributed by atoms with van der Waals surface area (Å²) in [6.07, 6.45) is 5.61. The molecule has 1 fully saturated rings. The fourth-order valence-corrected chi connectivity index (χ4v) is 4.17. The summed E-state index contributed by atoms with van der Waals surface area (Å²) in [7, 11) is 0. The van der Waals surface area contributed by atoms with Gasteiger partial charge in [0.2, 0.25) is 0 Å². The van der Waals surface area contributed by atoms with Crippen molar-refractivity contribution in [3.63, 3.8) is 0 Å². The van der Waals surface area contributed by atoms with Crippen LogP contribution in [-0.2, 0) is 0 Å². The number of alkyl halides is 2. The summed E-state index contributed by atoms with van der Waals surface area (Å²) < 4.78 is 43.2. The molecule has 0 bridgehead atoms. The number of fused-ring (bicyclic) bond motifs is 1. The molecule has 4 aromatic rings. The van der Waals surface area contributed by atoms with E-state index in [1.54, 1.807) is 24.4 Å². The van der Waals surface area contributed by atoms with Crippen LogP contribution in [0.15, 0.2) is 49.1 Å². The third-order valence-electron chi connectivity index (χ3n) is 6.02. The number of carbonyl (C=O) groups is 1. The second-order valence-electron chi connectivity index (χ2n) is 8.92. The lowest BCUT2D eigenvalue weighted by molar-refractivity contribution is 0.0257. The van der Waals surface area contributed by atoms with E-state index in [9.17, 15) is 13.6 Å². The largest absolute Gasteiger partial charge is 0.361 e. The minimum atomic E-state index is -2.88. The minimum absolute atomic E-state index is 0.0534. The average molecular weight is 480 g/mol. The van der Waals surface area contributed by atoms with Gasteiger partial charge in [-0.1, -0.05) is 13.8 Å². The molecule has 0 saturated carbocycles. The lowest BCUT2D eigenvalue weighted by Gasteiger charge is -2.23. The number of rotatable bonds is 5. The number of nitrogens with one attached hydrogen (secondary N) is 2. The first-order valence-corrected chi connectivity index (χ1v) is 11.2. The molecule has 1 amide bonds. The van der Waals surface area contributed by atoms with Gasteiger partial charge < -0.3 is 15.2 Å². The van der Waals surface area contributed by atoms with Crippen molar-refractivity contribution >= 4 is 28.3 Å². The molecular weight excluding hydrogens is 457 g/mol. The van der Waals surface area contributed by atoms with Crippen molar-refractivity contribution in [2.75, 3.05) is 23.3 Å². The van der Waals surface area contributed by atoms with Gasteiger partial charge in [0.25, 0.3) is 11.8 Å². The monoisotopic (exact) mass is 480 g/mol. The van der Waals surface area contributed by atoms with E-state index in [0.29, 0.717) is 16.9 Å². The van der Waals surface area contributed by atoms with Crippen molar-refractivity contribution in [3.8, 4) is 11.1 Å². The van der Waals surface area contributed by atoms with E-state index in [4.69, 9.17) is 0 Å². The van der Waals surface area contributed by atoms with Crippen molar-refractivity contribution in [2.45, 2.75) is 32.1 Å². The van der Waals surface area contributed by atoms with Crippen LogP contribution in [0.25, 0.3) is 22.0 Å². The number of pyridine rings is 1. The molecular formula is C25H23F3N6O. The van der Waals surface area contributed by atoms with E-state index in [-0.39, 0.29) is 41.5 Å². The van der Waals surface area contributed by atoms with Crippen LogP contribution in [0.2, 0.25) is 0 Å². The number of nitrogens with zero attached hydrogens (tertiary/aromatic N) is 4. The zero-order chi connectivity index (χ0) is 24.7. The van der Waals surface area contributed by atoms with Crippen molar-refractivity contribution in [1.82, 2.24) is 19.9 Å². The molecule has 0 aliphatic carbocycles. The second-order valence-corrected chi connectivity index (χ2v) is 8.92. The summed E-state index contributed by atoms with van der Waals surface area (Å²) in [5.74, 6) is -3.12. The highest BCUT2D eigenvalue weighted by molar-refractivity contribution is 6.08. The number of hydrogen-bond donors (Lipinski definition) is 2. The zero-order valence-electron chi connectivity index (χ0n) is 19.1. The van der Waals surface area contributed by atoms with Crippen LogP contribution >= 0.6 is 0 Å². The van der Waals surface area contributed by atoms with E-state index in [1.165, 1.54) is 29.6 Å². The summed E-state index contributed by atoms with van der Waals surface area (Å²) >= 11 is 0. The average Bonchev–Trinajstić information content (AvgIpc) is 3.43. The Hall–Kier alpha value is -3.95. The predicted octanol–water partition coefficient (Wildman–Crippen LogP) is 5.38. The fourth-order valence-electron chi connectivity index (χ4n) is 4.17. The van der Waals surface area contributed by atoms with Gasteiger partial charge in [0.15, 0.2) is 5.82 Å². The molecule has 0 radical (unpaired) electrons. The molecule has 1 aliphatic heterocycles. The minimum Gasteiger partial charge on any atom is -0.361 e. The van der Waals surface area contributed by atoms with Crippen LogP contribution in [0.5, 0.6) is 0 Å². The quantitative estimate of drug-likeness (QED) is 0.401. The molecule has 35 heavy (non-hydrogen) atoms. The Kier molecular flexibility index (Phi) is 5.66. The Morgan fingerprint density at radius 2 is 1.91 bits per heavy atom. The number of aromatic amines is 1. The molecule has 4 heterocycles. The van der Waals surface area contributed by atoms with Gasteiger partial charge >= 0.3 is 0 Å². The van der Waals surface area contributed by atoms with Crippen molar-refractivity contribution in [2.24, 2.45) is 0 Å². The number of H-pyrrole nitrogens is 1. The standard InChI is InChI=1S/C25H23F3N6O/c1-14(2)22-31-11-16(12-32-22)24(35)33-21-17(18-9-15-3-6-29-20(15)10-19(18)26)4-7-30-23(21)34-8-5-25(27,28)13-34/h3-4,6-7,9-12,14,29H,5,8,13H2,1-2H3,(H,33,35). The maximum Gasteiger partial charge on any atom is 0.266 e. The first-order chi connectivity index (χ1) is 16.7. The number of aromatic nitrogens is 4. The third-order valence-corrected chi connectivity index (χ3v) is 6.02. The lowest BCUT2D eigenvalue weighted by atomic mass is 10.0. The molecule has 0 spiro atoms. The predicted molar refractivity (Wildman–Crippen MR) is 127 cm³/mol. The van der Waals surface area contributed by atoms with Crippen molar-refractivity contribution in [1.29, 1.82) is 0 Å². The molecule has 0 unspecified atom stereocenters. The third kappa shape index (κ3) is 4.43. The van der Waals surface area contributed by atoms with E-state index >= 15 is 4.39 Å². The maximum atomic E-state index is 15.2. The van der Waals surface area contributed by atoms with E-state index < -0.39 is 24.2 Å². The number of anilines is 2. The summed E-state index contributed by atoms with van der Waals surface area (Å²) in [5, 5.41) is 3.54. The molecule has 180 valence electrons. The summed E-state index contributed by atoms with van der Waals surface area (Å²) in [5.41, 5.74) is 1.50. The summed E-state index contributed by atoms with van der Waals surface area (Å²) in [6, 6.07) is 6.36. The van der Waals surface area contributed by atoms with Crippen molar-refractivity contribution in [3.05, 3.63) is 66.3 Å². The van der Waals surface area contributed by atoms with Gasteiger partial charge in [0, 0.05) is 65.7 Å². The number of carbonyl (C=O) groups excluding carboxylic acids is 1. The first kappa shape index (κ1) is 22.8. The molecule has 7 nitrogen and oxygen atoms in total. The van der Waals surface area contributed by atoms with Gasteiger partial charge in [-0.2, -0.15) is 0 Å². The Morgan fingerprint density at radius 1 is 1.14 bits per heavy atom. The number of hydrogen-bond acceptors (Lipinski definition) is 5. The Labute approximate surface area is 199 Å². The Morgan fingerprint density at radius 3 is 2.60 bits per heavy atom. The molecule has 1 aliphatic rings. The van der Waals surface area contributed by atoms with E-state index in [1.807, 2.05) is 13.8 Å². The molecule has 1 aromatic carbocycles. The highest BCUT2D eigenvalue weighted by Crippen LogP contribution is 2.40. The van der Waals surface area contributed by atoms with Crippen LogP contribution in [0, 0.1) is 5.82 Å². The summed E-state index contributed by atoms with van der Waals surface area (Å²) in [6.45, 7) is 3.38. The molecule has 5 rings (SSSR count). The number of halogens is 3. The van der Waals surface area contributed by atoms with Crippen LogP contribution in [0.3, 0.4) is 0 Å². The SMILES string of the molecule is CC(C)c1ncc(C(=O)Nc2c(-c3cc4cc[nH]c4cc3F)ccnc2N2CCC(F)(F)C2)cn1. The van der Waals surface area contributed by atoms with Gasteiger partial charge in [0.05, 0.1) is 17.8 Å². The van der Waals surface area contributed by atoms with E-state index in [2.05, 4.69) is 25.3 Å². The smallest absolute Gasteiger partial charge is 0.266 e. The number of benzene rings is 1. The normalized spacial score (nSPS) is 15.2. The Bertz CT molecular complexity index is 1400. The fraction of sp³-hybridized carbons (Fsp3) is 0.280. The highest BCUT2D eigenvalue weighted by Gasteiger charge is 2.40. The molecule has 2 N–H and O–H groups in total. The number of amides is 1. The van der Waals surface area contributed by atoms with Gasteiger partial charge in [-0.3, -0.25) is 4.79 Å². The van der Waals surface area contributed by atoms with Gasteiger partial charge in [0.1, 0.15) is 11.6 Å². The topological polar surface area (TPSA) is 86.8 Å². The van der Waals surface area contributed by atoms with Gasteiger partial charge in [-0.15, -0.1) is 0 Å². The summed E-state index contributed by atoms with van der Waals surface area (Å²) in [4.78, 5) is 30.2. The highest BCUT2D eigenvalue weighted by atomic mass is 19.3. The molecule has 3 aromatic heterocycles. The second kappa shape index (κ2) is 8.68. The molecule has 10 heteroatoms. The maximum absolute atomic E-state index is 15.2. The van der Waals surface area contributed by atoms with Crippen LogP contribution in [0.1, 0.15) is 42.4 Å². The van der Waals surface area contributed by atoms with E-state index in [0.717, 1.165) is 5.39 Å². The van der Waals surface area contributed by atoms with Crippen LogP contribution in [0.4, 0.5) is 24.7 Å². The first-order valence-electron chi connectivity index (χ1n) is 11.2. The lowest BCUT2D eigenvalue weighted by Crippen LogP contribution is -2.27.